The molecule has 0 radical (unpaired) electrons. The normalized spacial score (nSPS) is 11.4. The van der Waals surface area contributed by atoms with Crippen LogP contribution in [0, 0.1) is 0 Å². The van der Waals surface area contributed by atoms with Crippen LogP contribution in [0.4, 0.5) is 28.8 Å². The van der Waals surface area contributed by atoms with Gasteiger partial charge in [0.05, 0.1) is 0 Å². The molecule has 12 heteroatoms. The first-order chi connectivity index (χ1) is 19.6. The van der Waals surface area contributed by atoms with Gasteiger partial charge >= 0.3 is 0 Å². The molecule has 12 nitrogen and oxygen atoms in total. The molecule has 0 saturated carbocycles. The summed E-state index contributed by atoms with van der Waals surface area (Å²) in [5.74, 6) is -1.05. The number of carbonyl (C=O) groups is 4. The van der Waals surface area contributed by atoms with Crippen molar-refractivity contribution in [1.82, 2.24) is 14.9 Å². The molecule has 0 fully saturated rings. The number of nitrogens with one attached hydrogen (secondary N) is 4. The summed E-state index contributed by atoms with van der Waals surface area (Å²) < 4.78 is 0. The average molecular weight is 559 g/mol. The molecule has 1 heterocycles. The van der Waals surface area contributed by atoms with E-state index in [-0.39, 0.29) is 23.3 Å². The maximum atomic E-state index is 13.2. The molecule has 4 amide bonds. The number of likely N-dealkylation sites (N-methyl/N-ethyl adjacent to an activating group) is 1. The summed E-state index contributed by atoms with van der Waals surface area (Å²) in [6, 6.07) is 12.5. The van der Waals surface area contributed by atoms with Crippen molar-refractivity contribution in [1.29, 1.82) is 0 Å². The van der Waals surface area contributed by atoms with Crippen LogP contribution < -0.4 is 27.0 Å². The minimum absolute atomic E-state index is 0.222. The van der Waals surface area contributed by atoms with Gasteiger partial charge in [0.15, 0.2) is 0 Å². The van der Waals surface area contributed by atoms with Crippen molar-refractivity contribution < 1.29 is 19.2 Å². The van der Waals surface area contributed by atoms with Gasteiger partial charge in [0, 0.05) is 42.4 Å². The largest absolute Gasteiger partial charge is 0.369 e. The zero-order valence-corrected chi connectivity index (χ0v) is 23.4. The van der Waals surface area contributed by atoms with Crippen molar-refractivity contribution in [2.45, 2.75) is 33.2 Å². The molecule has 0 aliphatic carbocycles. The van der Waals surface area contributed by atoms with E-state index in [0.717, 1.165) is 6.42 Å². The van der Waals surface area contributed by atoms with Gasteiger partial charge in [-0.25, -0.2) is 4.98 Å². The summed E-state index contributed by atoms with van der Waals surface area (Å²) in [5, 5.41) is 11.8. The second-order valence-electron chi connectivity index (χ2n) is 9.10. The predicted octanol–water partition coefficient (Wildman–Crippen LogP) is 3.75. The molecule has 0 aliphatic rings. The quantitative estimate of drug-likeness (QED) is 0.209. The smallest absolute Gasteiger partial charge is 0.260 e. The number of nitrogens with zero attached hydrogens (tertiary/aromatic N) is 3. The standard InChI is InChI=1S/C29H34N8O4/c1-5-8-24(38)37(4)18(3)27(40)33-21-9-7-10-22(16-21)34-28(41)23-17-32-29(36-26(23)31-15-6-2)35-20-13-11-19(12-14-20)25(30)39/h5,7-14,16-18H,6,15H2,1-4H3,(H2,30,39)(H,33,40)(H,34,41)(H2,31,32,35,36)/b8-5+/t18-/m0/s1. The van der Waals surface area contributed by atoms with Gasteiger partial charge in [-0.3, -0.25) is 19.2 Å². The second-order valence-corrected chi connectivity index (χ2v) is 9.10. The maximum absolute atomic E-state index is 13.2. The van der Waals surface area contributed by atoms with Crippen LogP contribution in [-0.2, 0) is 9.59 Å². The van der Waals surface area contributed by atoms with Crippen LogP contribution in [0.5, 0.6) is 0 Å². The molecule has 0 bridgehead atoms. The van der Waals surface area contributed by atoms with Gasteiger partial charge in [-0.2, -0.15) is 4.98 Å². The highest BCUT2D eigenvalue weighted by atomic mass is 16.2. The van der Waals surface area contributed by atoms with Crippen molar-refractivity contribution in [3.8, 4) is 0 Å². The molecule has 1 aromatic heterocycles. The average Bonchev–Trinajstić information content (AvgIpc) is 2.95. The molecule has 0 unspecified atom stereocenters. The minimum atomic E-state index is -0.713. The molecule has 6 N–H and O–H groups in total. The van der Waals surface area contributed by atoms with Crippen LogP contribution in [0.2, 0.25) is 0 Å². The second kappa shape index (κ2) is 14.2. The van der Waals surface area contributed by atoms with Crippen LogP contribution in [0.1, 0.15) is 47.9 Å². The molecule has 0 aliphatic heterocycles. The third-order valence-electron chi connectivity index (χ3n) is 6.01. The van der Waals surface area contributed by atoms with E-state index >= 15 is 0 Å². The highest BCUT2D eigenvalue weighted by Gasteiger charge is 2.21. The first-order valence-electron chi connectivity index (χ1n) is 13.0. The summed E-state index contributed by atoms with van der Waals surface area (Å²) in [5.41, 5.74) is 7.42. The SMILES string of the molecule is C/C=C/C(=O)N(C)[C@@H](C)C(=O)Nc1cccc(NC(=O)c2cnc(Nc3ccc(C(N)=O)cc3)nc2NCCC)c1. The van der Waals surface area contributed by atoms with Crippen LogP contribution in [0.15, 0.2) is 66.9 Å². The van der Waals surface area contributed by atoms with Gasteiger partial charge in [-0.05, 0) is 68.8 Å². The number of hydrogen-bond donors (Lipinski definition) is 5. The van der Waals surface area contributed by atoms with Gasteiger partial charge in [-0.15, -0.1) is 0 Å². The fraction of sp³-hybridized carbons (Fsp3) is 0.241. The molecule has 0 saturated heterocycles. The number of allylic oxidation sites excluding steroid dienone is 1. The highest BCUT2D eigenvalue weighted by Crippen LogP contribution is 2.21. The van der Waals surface area contributed by atoms with Gasteiger partial charge in [0.25, 0.3) is 5.91 Å². The van der Waals surface area contributed by atoms with Crippen molar-refractivity contribution >= 4 is 52.5 Å². The lowest BCUT2D eigenvalue weighted by molar-refractivity contribution is -0.132. The number of amides is 4. The predicted molar refractivity (Wildman–Crippen MR) is 159 cm³/mol. The molecule has 214 valence electrons. The van der Waals surface area contributed by atoms with Gasteiger partial charge in [0.1, 0.15) is 17.4 Å². The molecule has 1 atom stereocenters. The number of hydrogen-bond acceptors (Lipinski definition) is 8. The molecule has 2 aromatic carbocycles. The van der Waals surface area contributed by atoms with Crippen LogP contribution in [-0.4, -0.2) is 58.1 Å². The van der Waals surface area contributed by atoms with Gasteiger partial charge < -0.3 is 31.9 Å². The number of primary amides is 1. The lowest BCUT2D eigenvalue weighted by Crippen LogP contribution is -2.42. The van der Waals surface area contributed by atoms with Gasteiger partial charge in [-0.1, -0.05) is 19.1 Å². The Morgan fingerprint density at radius 3 is 2.34 bits per heavy atom. The van der Waals surface area contributed by atoms with Crippen molar-refractivity contribution in [2.24, 2.45) is 5.73 Å². The number of benzene rings is 2. The van der Waals surface area contributed by atoms with E-state index in [2.05, 4.69) is 31.2 Å². The van der Waals surface area contributed by atoms with E-state index in [1.165, 1.54) is 17.2 Å². The minimum Gasteiger partial charge on any atom is -0.369 e. The van der Waals surface area contributed by atoms with E-state index in [1.54, 1.807) is 75.5 Å². The Morgan fingerprint density at radius 1 is 1.02 bits per heavy atom. The number of anilines is 5. The van der Waals surface area contributed by atoms with Crippen LogP contribution >= 0.6 is 0 Å². The van der Waals surface area contributed by atoms with Crippen molar-refractivity contribution in [3.63, 3.8) is 0 Å². The summed E-state index contributed by atoms with van der Waals surface area (Å²) >= 11 is 0. The molecular weight excluding hydrogens is 524 g/mol. The number of aromatic nitrogens is 2. The zero-order chi connectivity index (χ0) is 29.9. The number of carbonyl (C=O) groups excluding carboxylic acids is 4. The molecular formula is C29H34N8O4. The summed E-state index contributed by atoms with van der Waals surface area (Å²) in [7, 11) is 1.55. The van der Waals surface area contributed by atoms with Crippen molar-refractivity contribution in [3.05, 3.63) is 78.0 Å². The lowest BCUT2D eigenvalue weighted by atomic mass is 10.2. The van der Waals surface area contributed by atoms with Crippen LogP contribution in [0.3, 0.4) is 0 Å². The monoisotopic (exact) mass is 558 g/mol. The molecule has 3 rings (SSSR count). The van der Waals surface area contributed by atoms with Crippen molar-refractivity contribution in [2.75, 3.05) is 34.9 Å². The third kappa shape index (κ3) is 8.36. The highest BCUT2D eigenvalue weighted by molar-refractivity contribution is 6.08. The molecule has 41 heavy (non-hydrogen) atoms. The Morgan fingerprint density at radius 2 is 1.71 bits per heavy atom. The lowest BCUT2D eigenvalue weighted by Gasteiger charge is -2.23. The fourth-order valence-corrected chi connectivity index (χ4v) is 3.58. The van der Waals surface area contributed by atoms with Crippen LogP contribution in [0.25, 0.3) is 0 Å². The van der Waals surface area contributed by atoms with E-state index in [9.17, 15) is 19.2 Å². The first kappa shape index (κ1) is 30.3. The molecule has 0 spiro atoms. The maximum Gasteiger partial charge on any atom is 0.260 e. The van der Waals surface area contributed by atoms with E-state index < -0.39 is 17.9 Å². The topological polar surface area (TPSA) is 171 Å². The Labute approximate surface area is 238 Å². The van der Waals surface area contributed by atoms with Gasteiger partial charge in [0.2, 0.25) is 23.7 Å². The van der Waals surface area contributed by atoms with E-state index in [1.807, 2.05) is 6.92 Å². The van der Waals surface area contributed by atoms with E-state index in [0.29, 0.717) is 35.0 Å². The Hall–Kier alpha value is -5.26. The number of rotatable bonds is 12. The Balaban J connectivity index is 1.73. The summed E-state index contributed by atoms with van der Waals surface area (Å²) in [6.45, 7) is 5.92. The fourth-order valence-electron chi connectivity index (χ4n) is 3.58. The Bertz CT molecular complexity index is 1440. The molecule has 3 aromatic rings. The first-order valence-corrected chi connectivity index (χ1v) is 13.0. The summed E-state index contributed by atoms with van der Waals surface area (Å²) in [4.78, 5) is 59.4. The number of nitrogens with two attached hydrogens (primary N) is 1. The Kier molecular flexibility index (Phi) is 10.5. The summed E-state index contributed by atoms with van der Waals surface area (Å²) in [6.07, 6.45) is 5.21. The third-order valence-corrected chi connectivity index (χ3v) is 6.01. The van der Waals surface area contributed by atoms with E-state index in [4.69, 9.17) is 5.73 Å². The zero-order valence-electron chi connectivity index (χ0n) is 23.4.